The molecule has 8 nitrogen and oxygen atoms in total. The number of aromatic nitrogens is 1. The van der Waals surface area contributed by atoms with Crippen LogP contribution < -0.4 is 5.32 Å². The molecule has 152 valence electrons. The van der Waals surface area contributed by atoms with Crippen molar-refractivity contribution in [1.82, 2.24) is 14.8 Å². The Hall–Kier alpha value is -2.85. The summed E-state index contributed by atoms with van der Waals surface area (Å²) in [4.78, 5) is 40.6. The third kappa shape index (κ3) is 4.34. The quantitative estimate of drug-likeness (QED) is 0.808. The van der Waals surface area contributed by atoms with E-state index in [2.05, 4.69) is 10.3 Å². The maximum atomic E-state index is 12.5. The van der Waals surface area contributed by atoms with Crippen LogP contribution >= 0.6 is 0 Å². The molecule has 1 saturated heterocycles. The summed E-state index contributed by atoms with van der Waals surface area (Å²) in [7, 11) is 0. The molecule has 3 amide bonds. The molecule has 0 atom stereocenters. The van der Waals surface area contributed by atoms with Gasteiger partial charge in [0, 0.05) is 25.6 Å². The first-order valence-electron chi connectivity index (χ1n) is 8.79. The summed E-state index contributed by atoms with van der Waals surface area (Å²) in [6.07, 6.45) is -5.01. The summed E-state index contributed by atoms with van der Waals surface area (Å²) in [6, 6.07) is 2.93. The molecule has 28 heavy (non-hydrogen) atoms. The second-order valence-corrected chi connectivity index (χ2v) is 6.79. The van der Waals surface area contributed by atoms with Crippen molar-refractivity contribution in [3.05, 3.63) is 23.4 Å². The number of piperidine rings is 1. The minimum absolute atomic E-state index is 0.0592. The number of nitrogens with one attached hydrogen (secondary N) is 1. The topological polar surface area (TPSA) is 103 Å². The smallest absolute Gasteiger partial charge is 0.465 e. The molecule has 0 aliphatic carbocycles. The summed E-state index contributed by atoms with van der Waals surface area (Å²) >= 11 is 0. The highest BCUT2D eigenvalue weighted by Gasteiger charge is 2.44. The molecule has 0 spiro atoms. The first-order chi connectivity index (χ1) is 13.1. The number of pyridine rings is 1. The summed E-state index contributed by atoms with van der Waals surface area (Å²) in [5.74, 6) is -1.65. The Kier molecular flexibility index (Phi) is 5.43. The van der Waals surface area contributed by atoms with Crippen LogP contribution in [0, 0.1) is 0 Å². The number of aryl methyl sites for hydroxylation is 1. The Labute approximate surface area is 158 Å². The number of rotatable bonds is 3. The van der Waals surface area contributed by atoms with Crippen LogP contribution in [-0.2, 0) is 22.6 Å². The molecule has 1 aromatic heterocycles. The number of carbonyl (C=O) groups is 3. The zero-order valence-electron chi connectivity index (χ0n) is 14.8. The highest BCUT2D eigenvalue weighted by atomic mass is 19.4. The number of likely N-dealkylation sites (tertiary alicyclic amines) is 1. The number of anilines is 1. The molecule has 2 aliphatic heterocycles. The second-order valence-electron chi connectivity index (χ2n) is 6.79. The molecule has 3 rings (SSSR count). The predicted octanol–water partition coefficient (Wildman–Crippen LogP) is 2.00. The summed E-state index contributed by atoms with van der Waals surface area (Å²) in [5, 5.41) is 12.2. The molecule has 0 saturated carbocycles. The van der Waals surface area contributed by atoms with E-state index in [0.29, 0.717) is 29.3 Å². The minimum atomic E-state index is -4.93. The average molecular weight is 400 g/mol. The first-order valence-corrected chi connectivity index (χ1v) is 8.79. The number of carboxylic acid groups (broad SMARTS) is 1. The zero-order valence-corrected chi connectivity index (χ0v) is 14.8. The fraction of sp³-hybridized carbons (Fsp3) is 0.529. The molecule has 3 heterocycles. The Morgan fingerprint density at radius 2 is 1.93 bits per heavy atom. The van der Waals surface area contributed by atoms with Crippen LogP contribution in [0.1, 0.15) is 30.5 Å². The van der Waals surface area contributed by atoms with Crippen molar-refractivity contribution in [2.45, 2.75) is 44.4 Å². The van der Waals surface area contributed by atoms with E-state index >= 15 is 0 Å². The number of alkyl halides is 3. The number of halogens is 3. The predicted molar refractivity (Wildman–Crippen MR) is 90.4 cm³/mol. The lowest BCUT2D eigenvalue weighted by Gasteiger charge is -2.37. The van der Waals surface area contributed by atoms with Crippen molar-refractivity contribution in [3.63, 3.8) is 0 Å². The van der Waals surface area contributed by atoms with Crippen molar-refractivity contribution in [3.8, 4) is 0 Å². The minimum Gasteiger partial charge on any atom is -0.465 e. The third-order valence-corrected chi connectivity index (χ3v) is 4.93. The first kappa shape index (κ1) is 19.9. The molecule has 1 fully saturated rings. The summed E-state index contributed by atoms with van der Waals surface area (Å²) < 4.78 is 37.6. The molecule has 11 heteroatoms. The normalized spacial score (nSPS) is 17.7. The fourth-order valence-corrected chi connectivity index (χ4v) is 3.46. The van der Waals surface area contributed by atoms with Crippen molar-refractivity contribution >= 4 is 23.7 Å². The lowest BCUT2D eigenvalue weighted by atomic mass is 10.0. The molecule has 2 N–H and O–H groups in total. The van der Waals surface area contributed by atoms with Gasteiger partial charge in [-0.1, -0.05) is 6.07 Å². The summed E-state index contributed by atoms with van der Waals surface area (Å²) in [6.45, 7) is -0.392. The molecular weight excluding hydrogens is 381 g/mol. The molecule has 0 aromatic carbocycles. The standard InChI is InChI=1S/C17H19F3N4O4/c18-17(19,20)15(26)23-7-5-12(6-8-23)24(16(27)28)9-11-3-1-10-2-4-13(25)22-14(10)21-11/h1,3,12H,2,4-9H2,(H,27,28)(H,21,22,25). The Bertz CT molecular complexity index is 791. The van der Waals surface area contributed by atoms with Crippen molar-refractivity contribution in [2.75, 3.05) is 18.4 Å². The monoisotopic (exact) mass is 400 g/mol. The number of carbonyl (C=O) groups excluding carboxylic acids is 2. The molecule has 1 aromatic rings. The molecular formula is C17H19F3N4O4. The second kappa shape index (κ2) is 7.64. The van der Waals surface area contributed by atoms with Gasteiger partial charge in [-0.3, -0.25) is 14.5 Å². The molecule has 2 aliphatic rings. The van der Waals surface area contributed by atoms with Gasteiger partial charge in [-0.2, -0.15) is 13.2 Å². The van der Waals surface area contributed by atoms with E-state index in [1.54, 1.807) is 12.1 Å². The lowest BCUT2D eigenvalue weighted by Crippen LogP contribution is -2.51. The fourth-order valence-electron chi connectivity index (χ4n) is 3.46. The average Bonchev–Trinajstić information content (AvgIpc) is 2.64. The van der Waals surface area contributed by atoms with Gasteiger partial charge in [0.15, 0.2) is 0 Å². The van der Waals surface area contributed by atoms with Crippen molar-refractivity contribution < 1.29 is 32.7 Å². The van der Waals surface area contributed by atoms with Crippen LogP contribution in [0.4, 0.5) is 23.8 Å². The van der Waals surface area contributed by atoms with Crippen molar-refractivity contribution in [2.24, 2.45) is 0 Å². The van der Waals surface area contributed by atoms with Gasteiger partial charge in [0.2, 0.25) is 5.91 Å². The Morgan fingerprint density at radius 1 is 1.25 bits per heavy atom. The van der Waals surface area contributed by atoms with Gasteiger partial charge < -0.3 is 15.3 Å². The van der Waals surface area contributed by atoms with Gasteiger partial charge in [0.25, 0.3) is 0 Å². The van der Waals surface area contributed by atoms with Crippen LogP contribution in [-0.4, -0.2) is 63.1 Å². The van der Waals surface area contributed by atoms with Gasteiger partial charge in [0.1, 0.15) is 5.82 Å². The molecule has 0 bridgehead atoms. The Morgan fingerprint density at radius 3 is 2.54 bits per heavy atom. The van der Waals surface area contributed by atoms with E-state index in [-0.39, 0.29) is 38.4 Å². The number of fused-ring (bicyclic) bond motifs is 1. The van der Waals surface area contributed by atoms with Crippen LogP contribution in [0.15, 0.2) is 12.1 Å². The maximum Gasteiger partial charge on any atom is 0.471 e. The Balaban J connectivity index is 1.67. The summed E-state index contributed by atoms with van der Waals surface area (Å²) in [5.41, 5.74) is 1.29. The number of hydrogen-bond donors (Lipinski definition) is 2. The van der Waals surface area contributed by atoms with E-state index in [9.17, 15) is 32.7 Å². The third-order valence-electron chi connectivity index (χ3n) is 4.93. The van der Waals surface area contributed by atoms with E-state index in [1.807, 2.05) is 0 Å². The highest BCUT2D eigenvalue weighted by Crippen LogP contribution is 2.25. The van der Waals surface area contributed by atoms with Crippen molar-refractivity contribution in [1.29, 1.82) is 0 Å². The largest absolute Gasteiger partial charge is 0.471 e. The van der Waals surface area contributed by atoms with Crippen LogP contribution in [0.5, 0.6) is 0 Å². The zero-order chi connectivity index (χ0) is 20.5. The van der Waals surface area contributed by atoms with E-state index < -0.39 is 24.2 Å². The van der Waals surface area contributed by atoms with Gasteiger partial charge >= 0.3 is 18.2 Å². The van der Waals surface area contributed by atoms with Crippen LogP contribution in [0.3, 0.4) is 0 Å². The lowest BCUT2D eigenvalue weighted by molar-refractivity contribution is -0.186. The highest BCUT2D eigenvalue weighted by molar-refractivity contribution is 5.92. The number of hydrogen-bond acceptors (Lipinski definition) is 4. The molecule has 0 unspecified atom stereocenters. The molecule has 0 radical (unpaired) electrons. The maximum absolute atomic E-state index is 12.5. The van der Waals surface area contributed by atoms with Gasteiger partial charge in [-0.25, -0.2) is 9.78 Å². The SMILES string of the molecule is O=C1CCc2ccc(CN(C(=O)O)C3CCN(C(=O)C(F)(F)F)CC3)nc2N1. The number of amides is 3. The van der Waals surface area contributed by atoms with Gasteiger partial charge in [-0.05, 0) is 30.9 Å². The van der Waals surface area contributed by atoms with Crippen LogP contribution in [0.25, 0.3) is 0 Å². The van der Waals surface area contributed by atoms with E-state index in [0.717, 1.165) is 10.5 Å². The van der Waals surface area contributed by atoms with Gasteiger partial charge in [-0.15, -0.1) is 0 Å². The van der Waals surface area contributed by atoms with Crippen LogP contribution in [0.2, 0.25) is 0 Å². The van der Waals surface area contributed by atoms with E-state index in [1.165, 1.54) is 0 Å². The van der Waals surface area contributed by atoms with E-state index in [4.69, 9.17) is 0 Å². The van der Waals surface area contributed by atoms with Gasteiger partial charge in [0.05, 0.1) is 12.2 Å². The number of nitrogens with zero attached hydrogens (tertiary/aromatic N) is 3.